The van der Waals surface area contributed by atoms with E-state index < -0.39 is 23.5 Å². The third kappa shape index (κ3) is 4.48. The Morgan fingerprint density at radius 1 is 1.40 bits per heavy atom. The second-order valence-corrected chi connectivity index (χ2v) is 6.51. The standard InChI is InChI=1S/C13H21N3O3S/c1-5-8(10-14-6-7-20-10)15-12(19)16-9(11(17)18)13(2,3)4/h6-9H,5H2,1-4H3,(H,17,18)(H2,15,16,19). The van der Waals surface area contributed by atoms with E-state index in [1.807, 2.05) is 12.3 Å². The highest BCUT2D eigenvalue weighted by molar-refractivity contribution is 7.09. The van der Waals surface area contributed by atoms with Crippen LogP contribution in [0.2, 0.25) is 0 Å². The molecule has 0 fully saturated rings. The average Bonchev–Trinajstić information content (AvgIpc) is 2.84. The lowest BCUT2D eigenvalue weighted by Crippen LogP contribution is -2.52. The predicted octanol–water partition coefficient (Wildman–Crippen LogP) is 2.39. The molecule has 3 N–H and O–H groups in total. The average molecular weight is 299 g/mol. The summed E-state index contributed by atoms with van der Waals surface area (Å²) in [5, 5.41) is 17.1. The van der Waals surface area contributed by atoms with Crippen molar-refractivity contribution in [1.82, 2.24) is 15.6 Å². The fourth-order valence-corrected chi connectivity index (χ4v) is 2.50. The zero-order chi connectivity index (χ0) is 15.3. The molecule has 0 saturated carbocycles. The molecular formula is C13H21N3O3S. The first-order valence-electron chi connectivity index (χ1n) is 6.45. The van der Waals surface area contributed by atoms with Gasteiger partial charge in [0.1, 0.15) is 11.0 Å². The highest BCUT2D eigenvalue weighted by Gasteiger charge is 2.33. The number of carbonyl (C=O) groups is 2. The Kier molecular flexibility index (Phi) is 5.50. The van der Waals surface area contributed by atoms with Crippen molar-refractivity contribution in [3.63, 3.8) is 0 Å². The van der Waals surface area contributed by atoms with E-state index in [4.69, 9.17) is 0 Å². The van der Waals surface area contributed by atoms with Crippen LogP contribution in [0.15, 0.2) is 11.6 Å². The molecule has 1 heterocycles. The van der Waals surface area contributed by atoms with Crippen LogP contribution in [0.5, 0.6) is 0 Å². The lowest BCUT2D eigenvalue weighted by molar-refractivity contribution is -0.141. The number of carboxylic acid groups (broad SMARTS) is 1. The van der Waals surface area contributed by atoms with Crippen molar-refractivity contribution in [2.24, 2.45) is 5.41 Å². The summed E-state index contributed by atoms with van der Waals surface area (Å²) in [6.07, 6.45) is 2.37. The van der Waals surface area contributed by atoms with E-state index in [0.29, 0.717) is 6.42 Å². The predicted molar refractivity (Wildman–Crippen MR) is 77.7 cm³/mol. The van der Waals surface area contributed by atoms with Gasteiger partial charge >= 0.3 is 12.0 Å². The number of nitrogens with zero attached hydrogens (tertiary/aromatic N) is 1. The Bertz CT molecular complexity index is 454. The monoisotopic (exact) mass is 299 g/mol. The zero-order valence-corrected chi connectivity index (χ0v) is 13.0. The van der Waals surface area contributed by atoms with Gasteiger partial charge in [0.05, 0.1) is 6.04 Å². The van der Waals surface area contributed by atoms with Crippen LogP contribution in [0.25, 0.3) is 0 Å². The number of amides is 2. The molecule has 6 nitrogen and oxygen atoms in total. The number of hydrogen-bond donors (Lipinski definition) is 3. The molecule has 0 bridgehead atoms. The summed E-state index contributed by atoms with van der Waals surface area (Å²) in [7, 11) is 0. The van der Waals surface area contributed by atoms with Gasteiger partial charge in [-0.15, -0.1) is 11.3 Å². The van der Waals surface area contributed by atoms with Crippen molar-refractivity contribution in [1.29, 1.82) is 0 Å². The first-order valence-corrected chi connectivity index (χ1v) is 7.33. The Labute approximate surface area is 122 Å². The molecule has 0 spiro atoms. The second-order valence-electron chi connectivity index (χ2n) is 5.59. The molecule has 112 valence electrons. The van der Waals surface area contributed by atoms with E-state index in [0.717, 1.165) is 5.01 Å². The van der Waals surface area contributed by atoms with Gasteiger partial charge in [0, 0.05) is 11.6 Å². The van der Waals surface area contributed by atoms with Gasteiger partial charge in [-0.05, 0) is 11.8 Å². The number of urea groups is 1. The van der Waals surface area contributed by atoms with Gasteiger partial charge in [0.25, 0.3) is 0 Å². The Hall–Kier alpha value is -1.63. The summed E-state index contributed by atoms with van der Waals surface area (Å²) in [5.74, 6) is -1.05. The van der Waals surface area contributed by atoms with E-state index in [2.05, 4.69) is 15.6 Å². The fourth-order valence-electron chi connectivity index (χ4n) is 1.72. The summed E-state index contributed by atoms with van der Waals surface area (Å²) >= 11 is 1.46. The minimum atomic E-state index is -1.05. The number of rotatable bonds is 5. The van der Waals surface area contributed by atoms with Crippen LogP contribution in [0.3, 0.4) is 0 Å². The van der Waals surface area contributed by atoms with E-state index in [-0.39, 0.29) is 6.04 Å². The van der Waals surface area contributed by atoms with Crippen LogP contribution < -0.4 is 10.6 Å². The maximum absolute atomic E-state index is 12.0. The summed E-state index contributed by atoms with van der Waals surface area (Å²) in [6, 6.07) is -1.64. The number of nitrogens with one attached hydrogen (secondary N) is 2. The van der Waals surface area contributed by atoms with Gasteiger partial charge in [0.2, 0.25) is 0 Å². The van der Waals surface area contributed by atoms with Crippen LogP contribution in [0.1, 0.15) is 45.2 Å². The quantitative estimate of drug-likeness (QED) is 0.778. The Morgan fingerprint density at radius 3 is 2.45 bits per heavy atom. The van der Waals surface area contributed by atoms with Crippen LogP contribution in [-0.2, 0) is 4.79 Å². The lowest BCUT2D eigenvalue weighted by Gasteiger charge is -2.28. The zero-order valence-electron chi connectivity index (χ0n) is 12.1. The van der Waals surface area contributed by atoms with Crippen LogP contribution in [-0.4, -0.2) is 28.1 Å². The van der Waals surface area contributed by atoms with E-state index in [1.165, 1.54) is 11.3 Å². The third-order valence-electron chi connectivity index (χ3n) is 2.85. The smallest absolute Gasteiger partial charge is 0.326 e. The van der Waals surface area contributed by atoms with Crippen molar-refractivity contribution in [2.75, 3.05) is 0 Å². The molecule has 20 heavy (non-hydrogen) atoms. The largest absolute Gasteiger partial charge is 0.480 e. The summed E-state index contributed by atoms with van der Waals surface area (Å²) < 4.78 is 0. The maximum Gasteiger partial charge on any atom is 0.326 e. The van der Waals surface area contributed by atoms with Gasteiger partial charge in [-0.1, -0.05) is 27.7 Å². The molecule has 7 heteroatoms. The highest BCUT2D eigenvalue weighted by Crippen LogP contribution is 2.21. The van der Waals surface area contributed by atoms with Gasteiger partial charge in [0.15, 0.2) is 0 Å². The molecule has 2 amide bonds. The molecule has 2 atom stereocenters. The molecule has 0 radical (unpaired) electrons. The van der Waals surface area contributed by atoms with Gasteiger partial charge in [-0.2, -0.15) is 0 Å². The topological polar surface area (TPSA) is 91.3 Å². The number of aliphatic carboxylic acids is 1. The molecule has 0 aromatic carbocycles. The molecule has 0 aliphatic carbocycles. The second kappa shape index (κ2) is 6.69. The number of thiazole rings is 1. The third-order valence-corrected chi connectivity index (χ3v) is 3.74. The highest BCUT2D eigenvalue weighted by atomic mass is 32.1. The lowest BCUT2D eigenvalue weighted by atomic mass is 9.87. The Balaban J connectivity index is 2.68. The van der Waals surface area contributed by atoms with E-state index in [9.17, 15) is 14.7 Å². The fraction of sp³-hybridized carbons (Fsp3) is 0.615. The number of hydrogen-bond acceptors (Lipinski definition) is 4. The van der Waals surface area contributed by atoms with Crippen molar-refractivity contribution < 1.29 is 14.7 Å². The molecule has 0 aliphatic heterocycles. The van der Waals surface area contributed by atoms with E-state index >= 15 is 0 Å². The number of aromatic nitrogens is 1. The molecule has 1 aromatic heterocycles. The minimum Gasteiger partial charge on any atom is -0.480 e. The summed E-state index contributed by atoms with van der Waals surface area (Å²) in [5.41, 5.74) is -0.563. The van der Waals surface area contributed by atoms with Crippen LogP contribution in [0, 0.1) is 5.41 Å². The molecule has 1 aromatic rings. The van der Waals surface area contributed by atoms with Crippen LogP contribution >= 0.6 is 11.3 Å². The number of carboxylic acids is 1. The van der Waals surface area contributed by atoms with Gasteiger partial charge < -0.3 is 15.7 Å². The molecular weight excluding hydrogens is 278 g/mol. The molecule has 0 aliphatic rings. The van der Waals surface area contributed by atoms with Crippen molar-refractivity contribution in [2.45, 2.75) is 46.2 Å². The maximum atomic E-state index is 12.0. The van der Waals surface area contributed by atoms with Crippen molar-refractivity contribution in [3.8, 4) is 0 Å². The Morgan fingerprint density at radius 2 is 2.05 bits per heavy atom. The van der Waals surface area contributed by atoms with E-state index in [1.54, 1.807) is 27.0 Å². The molecule has 2 unspecified atom stereocenters. The van der Waals surface area contributed by atoms with Gasteiger partial charge in [-0.25, -0.2) is 14.6 Å². The van der Waals surface area contributed by atoms with Crippen molar-refractivity contribution >= 4 is 23.3 Å². The summed E-state index contributed by atoms with van der Waals surface area (Å²) in [4.78, 5) is 27.3. The molecule has 0 saturated heterocycles. The van der Waals surface area contributed by atoms with Gasteiger partial charge in [-0.3, -0.25) is 0 Å². The first-order chi connectivity index (χ1) is 9.25. The summed E-state index contributed by atoms with van der Waals surface area (Å²) in [6.45, 7) is 7.24. The van der Waals surface area contributed by atoms with Crippen LogP contribution in [0.4, 0.5) is 4.79 Å². The number of carbonyl (C=O) groups excluding carboxylic acids is 1. The normalized spacial score (nSPS) is 14.4. The molecule has 1 rings (SSSR count). The van der Waals surface area contributed by atoms with Crippen molar-refractivity contribution in [3.05, 3.63) is 16.6 Å². The minimum absolute atomic E-state index is 0.204. The SMILES string of the molecule is CCC(NC(=O)NC(C(=O)O)C(C)(C)C)c1nccs1. The first kappa shape index (κ1) is 16.4.